The zero-order chi connectivity index (χ0) is 15.1. The second-order valence-electron chi connectivity index (χ2n) is 4.84. The number of hydrogen-bond donors (Lipinski definition) is 2. The number of carbonyl (C=O) groups excluding carboxylic acids is 2. The average Bonchev–Trinajstić information content (AvgIpc) is 2.38. The summed E-state index contributed by atoms with van der Waals surface area (Å²) in [6, 6.07) is 3.50. The van der Waals surface area contributed by atoms with Crippen LogP contribution in [0.2, 0.25) is 5.02 Å². The van der Waals surface area contributed by atoms with Gasteiger partial charge in [0.05, 0.1) is 17.1 Å². The van der Waals surface area contributed by atoms with Crippen LogP contribution in [0.4, 0.5) is 4.39 Å². The summed E-state index contributed by atoms with van der Waals surface area (Å²) in [6.45, 7) is 4.51. The van der Waals surface area contributed by atoms with Gasteiger partial charge in [0.15, 0.2) is 0 Å². The van der Waals surface area contributed by atoms with Crippen LogP contribution < -0.4 is 10.6 Å². The largest absolute Gasteiger partial charge is 0.355 e. The minimum Gasteiger partial charge on any atom is -0.355 e. The highest BCUT2D eigenvalue weighted by Crippen LogP contribution is 2.16. The molecule has 0 heterocycles. The van der Waals surface area contributed by atoms with Gasteiger partial charge >= 0.3 is 0 Å². The molecule has 1 aromatic rings. The Kier molecular flexibility index (Phi) is 6.45. The summed E-state index contributed by atoms with van der Waals surface area (Å²) in [6.07, 6.45) is 0.870. The second-order valence-corrected chi connectivity index (χ2v) is 5.25. The van der Waals surface area contributed by atoms with Crippen LogP contribution in [0.5, 0.6) is 0 Å². The van der Waals surface area contributed by atoms with Gasteiger partial charge in [-0.05, 0) is 30.5 Å². The molecule has 0 spiro atoms. The molecule has 2 N–H and O–H groups in total. The topological polar surface area (TPSA) is 58.2 Å². The van der Waals surface area contributed by atoms with Crippen molar-refractivity contribution < 1.29 is 14.0 Å². The van der Waals surface area contributed by atoms with E-state index in [1.807, 2.05) is 0 Å². The van der Waals surface area contributed by atoms with Crippen molar-refractivity contribution in [3.63, 3.8) is 0 Å². The van der Waals surface area contributed by atoms with Gasteiger partial charge in [-0.15, -0.1) is 0 Å². The number of rotatable bonds is 6. The zero-order valence-corrected chi connectivity index (χ0v) is 12.3. The molecule has 0 aliphatic rings. The smallest absolute Gasteiger partial charge is 0.253 e. The van der Waals surface area contributed by atoms with E-state index in [0.717, 1.165) is 18.6 Å². The van der Waals surface area contributed by atoms with Crippen LogP contribution in [0.3, 0.4) is 0 Å². The lowest BCUT2D eigenvalue weighted by Gasteiger charge is -2.09. The van der Waals surface area contributed by atoms with E-state index in [0.29, 0.717) is 12.5 Å². The third kappa shape index (κ3) is 5.57. The third-order valence-electron chi connectivity index (χ3n) is 2.63. The van der Waals surface area contributed by atoms with Gasteiger partial charge in [-0.3, -0.25) is 9.59 Å². The van der Waals surface area contributed by atoms with Crippen molar-refractivity contribution in [2.24, 2.45) is 5.92 Å². The molecular weight excluding hydrogens is 283 g/mol. The van der Waals surface area contributed by atoms with Crippen molar-refractivity contribution in [3.05, 3.63) is 34.6 Å². The molecule has 0 bridgehead atoms. The van der Waals surface area contributed by atoms with Crippen molar-refractivity contribution in [2.45, 2.75) is 20.3 Å². The van der Waals surface area contributed by atoms with E-state index >= 15 is 0 Å². The predicted molar refractivity (Wildman–Crippen MR) is 76.2 cm³/mol. The molecule has 2 amide bonds. The standard InChI is InChI=1S/C14H18ClFN2O2/c1-9(2)5-6-17-13(19)8-18-14(20)11-7-10(16)3-4-12(11)15/h3-4,7,9H,5-6,8H2,1-2H3,(H,17,19)(H,18,20). The van der Waals surface area contributed by atoms with Crippen molar-refractivity contribution >= 4 is 23.4 Å². The molecule has 0 fully saturated rings. The number of carbonyl (C=O) groups is 2. The van der Waals surface area contributed by atoms with Crippen LogP contribution in [0, 0.1) is 11.7 Å². The van der Waals surface area contributed by atoms with Crippen LogP contribution in [0.15, 0.2) is 18.2 Å². The first kappa shape index (κ1) is 16.4. The molecule has 0 aliphatic carbocycles. The molecule has 0 aromatic heterocycles. The maximum absolute atomic E-state index is 13.0. The quantitative estimate of drug-likeness (QED) is 0.847. The molecule has 1 aromatic carbocycles. The van der Waals surface area contributed by atoms with Gasteiger partial charge < -0.3 is 10.6 Å². The van der Waals surface area contributed by atoms with Crippen LogP contribution in [-0.4, -0.2) is 24.9 Å². The van der Waals surface area contributed by atoms with Crippen LogP contribution in [0.1, 0.15) is 30.6 Å². The Morgan fingerprint density at radius 2 is 2.00 bits per heavy atom. The van der Waals surface area contributed by atoms with Crippen molar-refractivity contribution in [1.29, 1.82) is 0 Å². The lowest BCUT2D eigenvalue weighted by Crippen LogP contribution is -2.37. The van der Waals surface area contributed by atoms with E-state index in [4.69, 9.17) is 11.6 Å². The van der Waals surface area contributed by atoms with E-state index in [9.17, 15) is 14.0 Å². The summed E-state index contributed by atoms with van der Waals surface area (Å²) >= 11 is 5.80. The Labute approximate surface area is 122 Å². The van der Waals surface area contributed by atoms with Crippen LogP contribution in [0.25, 0.3) is 0 Å². The van der Waals surface area contributed by atoms with Gasteiger partial charge in [-0.2, -0.15) is 0 Å². The maximum Gasteiger partial charge on any atom is 0.253 e. The third-order valence-corrected chi connectivity index (χ3v) is 2.96. The molecule has 0 saturated heterocycles. The van der Waals surface area contributed by atoms with Gasteiger partial charge in [-0.25, -0.2) is 4.39 Å². The molecule has 20 heavy (non-hydrogen) atoms. The van der Waals surface area contributed by atoms with Crippen molar-refractivity contribution in [2.75, 3.05) is 13.1 Å². The molecule has 0 unspecified atom stereocenters. The summed E-state index contributed by atoms with van der Waals surface area (Å²) < 4.78 is 13.0. The van der Waals surface area contributed by atoms with Crippen LogP contribution in [-0.2, 0) is 4.79 Å². The van der Waals surface area contributed by atoms with Gasteiger partial charge in [0.1, 0.15) is 5.82 Å². The van der Waals surface area contributed by atoms with Gasteiger partial charge in [0.25, 0.3) is 5.91 Å². The summed E-state index contributed by atoms with van der Waals surface area (Å²) in [5, 5.41) is 5.23. The minimum absolute atomic E-state index is 0.0154. The lowest BCUT2D eigenvalue weighted by molar-refractivity contribution is -0.120. The highest BCUT2D eigenvalue weighted by molar-refractivity contribution is 6.33. The van der Waals surface area contributed by atoms with E-state index in [2.05, 4.69) is 24.5 Å². The first-order valence-corrected chi connectivity index (χ1v) is 6.78. The minimum atomic E-state index is -0.575. The second kappa shape index (κ2) is 7.85. The Bertz CT molecular complexity index is 492. The summed E-state index contributed by atoms with van der Waals surface area (Å²) in [4.78, 5) is 23.2. The number of nitrogens with one attached hydrogen (secondary N) is 2. The molecular formula is C14H18ClFN2O2. The Morgan fingerprint density at radius 1 is 1.30 bits per heavy atom. The molecule has 4 nitrogen and oxygen atoms in total. The molecule has 0 saturated carbocycles. The Hall–Kier alpha value is -1.62. The molecule has 6 heteroatoms. The zero-order valence-electron chi connectivity index (χ0n) is 11.5. The molecule has 1 rings (SSSR count). The van der Waals surface area contributed by atoms with Crippen LogP contribution >= 0.6 is 11.6 Å². The van der Waals surface area contributed by atoms with Crippen molar-refractivity contribution in [3.8, 4) is 0 Å². The molecule has 0 atom stereocenters. The monoisotopic (exact) mass is 300 g/mol. The number of halogens is 2. The van der Waals surface area contributed by atoms with Crippen molar-refractivity contribution in [1.82, 2.24) is 10.6 Å². The normalized spacial score (nSPS) is 10.4. The van der Waals surface area contributed by atoms with E-state index in [1.165, 1.54) is 6.07 Å². The Balaban J connectivity index is 2.43. The molecule has 0 aliphatic heterocycles. The molecule has 0 radical (unpaired) electrons. The van der Waals surface area contributed by atoms with Gasteiger partial charge in [0.2, 0.25) is 5.91 Å². The van der Waals surface area contributed by atoms with Gasteiger partial charge in [-0.1, -0.05) is 25.4 Å². The van der Waals surface area contributed by atoms with E-state index in [1.54, 1.807) is 0 Å². The fourth-order valence-corrected chi connectivity index (χ4v) is 1.69. The number of amides is 2. The highest BCUT2D eigenvalue weighted by atomic mass is 35.5. The molecule has 110 valence electrons. The SMILES string of the molecule is CC(C)CCNC(=O)CNC(=O)c1cc(F)ccc1Cl. The van der Waals surface area contributed by atoms with E-state index in [-0.39, 0.29) is 23.0 Å². The maximum atomic E-state index is 13.0. The Morgan fingerprint density at radius 3 is 2.65 bits per heavy atom. The summed E-state index contributed by atoms with van der Waals surface area (Å²) in [7, 11) is 0. The first-order chi connectivity index (χ1) is 9.40. The highest BCUT2D eigenvalue weighted by Gasteiger charge is 2.12. The average molecular weight is 301 g/mol. The van der Waals surface area contributed by atoms with Gasteiger partial charge in [0, 0.05) is 6.54 Å². The lowest BCUT2D eigenvalue weighted by atomic mass is 10.1. The summed E-state index contributed by atoms with van der Waals surface area (Å²) in [5.74, 6) is -0.919. The fraction of sp³-hybridized carbons (Fsp3) is 0.429. The number of hydrogen-bond acceptors (Lipinski definition) is 2. The predicted octanol–water partition coefficient (Wildman–Crippen LogP) is 2.37. The summed E-state index contributed by atoms with van der Waals surface area (Å²) in [5.41, 5.74) is 0.0154. The van der Waals surface area contributed by atoms with E-state index < -0.39 is 11.7 Å². The fourth-order valence-electron chi connectivity index (χ4n) is 1.49. The first-order valence-electron chi connectivity index (χ1n) is 6.40. The number of benzene rings is 1.